The quantitative estimate of drug-likeness (QED) is 0.312. The molecule has 0 rings (SSSR count). The van der Waals surface area contributed by atoms with E-state index < -0.39 is 0 Å². The molecule has 0 saturated heterocycles. The summed E-state index contributed by atoms with van der Waals surface area (Å²) in [7, 11) is 0. The third-order valence-corrected chi connectivity index (χ3v) is 3.46. The molecule has 0 radical (unpaired) electrons. The summed E-state index contributed by atoms with van der Waals surface area (Å²) in [6.07, 6.45) is 11.6. The normalized spacial score (nSPS) is 16.0. The fourth-order valence-corrected chi connectivity index (χ4v) is 2.09. The first kappa shape index (κ1) is 16.7. The molecule has 0 nitrogen and oxygen atoms in total. The summed E-state index contributed by atoms with van der Waals surface area (Å²) in [4.78, 5) is 0. The summed E-state index contributed by atoms with van der Waals surface area (Å²) < 4.78 is 0. The van der Waals surface area contributed by atoms with Crippen molar-refractivity contribution in [1.82, 2.24) is 0 Å². The van der Waals surface area contributed by atoms with Crippen molar-refractivity contribution in [3.05, 3.63) is 35.5 Å². The van der Waals surface area contributed by atoms with Crippen molar-refractivity contribution >= 4 is 15.9 Å². The Bertz CT molecular complexity index is 280. The SMILES string of the molecule is CC(C)=CCCC(C)C(C)/C=C/C(C)=C/CBr. The van der Waals surface area contributed by atoms with Gasteiger partial charge in [0.25, 0.3) is 0 Å². The van der Waals surface area contributed by atoms with E-state index in [1.165, 1.54) is 24.0 Å². The van der Waals surface area contributed by atoms with Crippen LogP contribution >= 0.6 is 15.9 Å². The molecule has 17 heavy (non-hydrogen) atoms. The average Bonchev–Trinajstić information content (AvgIpc) is 2.25. The van der Waals surface area contributed by atoms with Crippen molar-refractivity contribution in [3.63, 3.8) is 0 Å². The van der Waals surface area contributed by atoms with Crippen LogP contribution in [0.2, 0.25) is 0 Å². The molecule has 2 atom stereocenters. The van der Waals surface area contributed by atoms with E-state index in [2.05, 4.69) is 74.9 Å². The van der Waals surface area contributed by atoms with E-state index in [9.17, 15) is 0 Å². The van der Waals surface area contributed by atoms with Crippen LogP contribution in [0.1, 0.15) is 47.5 Å². The topological polar surface area (TPSA) is 0 Å². The van der Waals surface area contributed by atoms with Crippen molar-refractivity contribution in [3.8, 4) is 0 Å². The molecule has 0 bridgehead atoms. The highest BCUT2D eigenvalue weighted by atomic mass is 79.9. The van der Waals surface area contributed by atoms with Gasteiger partial charge in [0, 0.05) is 5.33 Å². The first-order chi connectivity index (χ1) is 7.97. The van der Waals surface area contributed by atoms with Crippen molar-refractivity contribution in [2.75, 3.05) is 5.33 Å². The van der Waals surface area contributed by atoms with Crippen molar-refractivity contribution in [2.45, 2.75) is 47.5 Å². The maximum Gasteiger partial charge on any atom is 0.0217 e. The monoisotopic (exact) mass is 298 g/mol. The summed E-state index contributed by atoms with van der Waals surface area (Å²) in [5, 5.41) is 0.938. The molecule has 0 fully saturated rings. The Balaban J connectivity index is 4.09. The minimum absolute atomic E-state index is 0.652. The second kappa shape index (κ2) is 9.70. The molecule has 1 heteroatoms. The summed E-state index contributed by atoms with van der Waals surface area (Å²) in [5.41, 5.74) is 2.77. The van der Waals surface area contributed by atoms with Crippen molar-refractivity contribution in [2.24, 2.45) is 11.8 Å². The Morgan fingerprint density at radius 2 is 1.76 bits per heavy atom. The molecule has 0 aliphatic rings. The Morgan fingerprint density at radius 1 is 1.12 bits per heavy atom. The summed E-state index contributed by atoms with van der Waals surface area (Å²) in [6.45, 7) is 11.1. The Labute approximate surface area is 116 Å². The van der Waals surface area contributed by atoms with Gasteiger partial charge >= 0.3 is 0 Å². The maximum atomic E-state index is 3.42. The van der Waals surface area contributed by atoms with E-state index in [0.29, 0.717) is 5.92 Å². The lowest BCUT2D eigenvalue weighted by Crippen LogP contribution is -2.04. The molecule has 0 heterocycles. The van der Waals surface area contributed by atoms with Gasteiger partial charge in [-0.3, -0.25) is 0 Å². The highest BCUT2D eigenvalue weighted by molar-refractivity contribution is 9.09. The van der Waals surface area contributed by atoms with Gasteiger partial charge in [0.15, 0.2) is 0 Å². The number of allylic oxidation sites excluding steroid dienone is 6. The Kier molecular flexibility index (Phi) is 9.53. The van der Waals surface area contributed by atoms with Gasteiger partial charge in [-0.1, -0.05) is 65.2 Å². The number of hydrogen-bond donors (Lipinski definition) is 0. The molecule has 0 saturated carbocycles. The number of halogens is 1. The van der Waals surface area contributed by atoms with Crippen LogP contribution in [0.5, 0.6) is 0 Å². The van der Waals surface area contributed by atoms with Gasteiger partial charge in [-0.05, 0) is 45.4 Å². The van der Waals surface area contributed by atoms with E-state index in [1.54, 1.807) is 0 Å². The molecular formula is C16H27Br. The molecule has 0 amide bonds. The van der Waals surface area contributed by atoms with Gasteiger partial charge in [0.1, 0.15) is 0 Å². The van der Waals surface area contributed by atoms with Crippen LogP contribution in [0.25, 0.3) is 0 Å². The average molecular weight is 299 g/mol. The van der Waals surface area contributed by atoms with Crippen LogP contribution < -0.4 is 0 Å². The smallest absolute Gasteiger partial charge is 0.0217 e. The Hall–Kier alpha value is -0.300. The maximum absolute atomic E-state index is 3.42. The molecule has 0 N–H and O–H groups in total. The highest BCUT2D eigenvalue weighted by Gasteiger charge is 2.07. The van der Waals surface area contributed by atoms with Gasteiger partial charge < -0.3 is 0 Å². The molecular weight excluding hydrogens is 272 g/mol. The minimum atomic E-state index is 0.652. The lowest BCUT2D eigenvalue weighted by atomic mass is 9.90. The standard InChI is InChI=1S/C16H27Br/c1-13(2)7-6-8-15(4)16(5)10-9-14(3)11-12-17/h7,9-11,15-16H,6,8,12H2,1-5H3/b10-9+,14-11+. The number of hydrogen-bond acceptors (Lipinski definition) is 0. The highest BCUT2D eigenvalue weighted by Crippen LogP contribution is 2.19. The third-order valence-electron chi connectivity index (χ3n) is 3.13. The van der Waals surface area contributed by atoms with Gasteiger partial charge in [0.05, 0.1) is 0 Å². The molecule has 0 aliphatic heterocycles. The minimum Gasteiger partial charge on any atom is -0.0883 e. The van der Waals surface area contributed by atoms with Crippen LogP contribution in [0.15, 0.2) is 35.5 Å². The zero-order valence-electron chi connectivity index (χ0n) is 12.0. The fraction of sp³-hybridized carbons (Fsp3) is 0.625. The predicted molar refractivity (Wildman–Crippen MR) is 83.7 cm³/mol. The first-order valence-electron chi connectivity index (χ1n) is 6.51. The Morgan fingerprint density at radius 3 is 2.29 bits per heavy atom. The fourth-order valence-electron chi connectivity index (χ4n) is 1.58. The van der Waals surface area contributed by atoms with E-state index in [-0.39, 0.29) is 0 Å². The number of rotatable bonds is 7. The zero-order chi connectivity index (χ0) is 13.3. The van der Waals surface area contributed by atoms with E-state index in [4.69, 9.17) is 0 Å². The van der Waals surface area contributed by atoms with E-state index >= 15 is 0 Å². The molecule has 0 aromatic carbocycles. The van der Waals surface area contributed by atoms with Crippen LogP contribution in [0, 0.1) is 11.8 Å². The van der Waals surface area contributed by atoms with Gasteiger partial charge in [-0.2, -0.15) is 0 Å². The van der Waals surface area contributed by atoms with Crippen LogP contribution in [-0.2, 0) is 0 Å². The summed E-state index contributed by atoms with van der Waals surface area (Å²) in [5.74, 6) is 1.40. The van der Waals surface area contributed by atoms with E-state index in [1.807, 2.05) is 0 Å². The lowest BCUT2D eigenvalue weighted by Gasteiger charge is -2.15. The number of alkyl halides is 1. The van der Waals surface area contributed by atoms with E-state index in [0.717, 1.165) is 11.2 Å². The largest absolute Gasteiger partial charge is 0.0883 e. The van der Waals surface area contributed by atoms with Crippen molar-refractivity contribution < 1.29 is 0 Å². The molecule has 0 aromatic rings. The molecule has 0 aromatic heterocycles. The molecule has 0 aliphatic carbocycles. The predicted octanol–water partition coefficient (Wildman–Crippen LogP) is 5.90. The second-order valence-corrected chi connectivity index (χ2v) is 5.80. The van der Waals surface area contributed by atoms with Crippen LogP contribution in [0.3, 0.4) is 0 Å². The van der Waals surface area contributed by atoms with Crippen LogP contribution in [0.4, 0.5) is 0 Å². The molecule has 98 valence electrons. The molecule has 0 spiro atoms. The summed E-state index contributed by atoms with van der Waals surface area (Å²) >= 11 is 3.42. The second-order valence-electron chi connectivity index (χ2n) is 5.16. The van der Waals surface area contributed by atoms with Crippen molar-refractivity contribution in [1.29, 1.82) is 0 Å². The molecule has 2 unspecified atom stereocenters. The summed E-state index contributed by atoms with van der Waals surface area (Å²) in [6, 6.07) is 0. The lowest BCUT2D eigenvalue weighted by molar-refractivity contribution is 0.431. The first-order valence-corrected chi connectivity index (χ1v) is 7.63. The third kappa shape index (κ3) is 9.41. The van der Waals surface area contributed by atoms with Gasteiger partial charge in [-0.15, -0.1) is 0 Å². The van der Waals surface area contributed by atoms with Gasteiger partial charge in [0.2, 0.25) is 0 Å². The van der Waals surface area contributed by atoms with Crippen LogP contribution in [-0.4, -0.2) is 5.33 Å². The van der Waals surface area contributed by atoms with Gasteiger partial charge in [-0.25, -0.2) is 0 Å². The zero-order valence-corrected chi connectivity index (χ0v) is 13.5.